The molecule has 0 radical (unpaired) electrons. The summed E-state index contributed by atoms with van der Waals surface area (Å²) in [6.45, 7) is 3.94. The summed E-state index contributed by atoms with van der Waals surface area (Å²) in [6.07, 6.45) is 0. The van der Waals surface area contributed by atoms with Crippen LogP contribution in [0, 0.1) is 10.1 Å². The second-order valence-electron chi connectivity index (χ2n) is 5.85. The molecule has 144 valence electrons. The number of benzene rings is 2. The summed E-state index contributed by atoms with van der Waals surface area (Å²) in [5.74, 6) is -0.0113. The van der Waals surface area contributed by atoms with E-state index in [0.717, 1.165) is 5.56 Å². The maximum Gasteiger partial charge on any atom is 0.286 e. The fraction of sp³-hybridized carbons (Fsp3) is 0.316. The number of nitro groups is 1. The van der Waals surface area contributed by atoms with Gasteiger partial charge in [0.25, 0.3) is 11.6 Å². The van der Waals surface area contributed by atoms with E-state index in [-0.39, 0.29) is 28.8 Å². The van der Waals surface area contributed by atoms with Crippen molar-refractivity contribution in [2.75, 3.05) is 20.8 Å². The average Bonchev–Trinajstić information content (AvgIpc) is 2.66. The molecule has 0 aliphatic heterocycles. The zero-order valence-corrected chi connectivity index (χ0v) is 16.3. The zero-order chi connectivity index (χ0) is 20.1. The van der Waals surface area contributed by atoms with E-state index in [0.29, 0.717) is 11.6 Å². The minimum absolute atomic E-state index is 0.0624. The van der Waals surface area contributed by atoms with Crippen LogP contribution in [-0.4, -0.2) is 36.5 Å². The molecule has 27 heavy (non-hydrogen) atoms. The third kappa shape index (κ3) is 4.49. The second-order valence-corrected chi connectivity index (χ2v) is 6.29. The first-order chi connectivity index (χ1) is 12.8. The van der Waals surface area contributed by atoms with Crippen molar-refractivity contribution in [3.8, 4) is 11.5 Å². The summed E-state index contributed by atoms with van der Waals surface area (Å²) in [7, 11) is 2.98. The van der Waals surface area contributed by atoms with Crippen molar-refractivity contribution in [3.63, 3.8) is 0 Å². The highest BCUT2D eigenvalue weighted by Gasteiger charge is 2.29. The molecule has 0 saturated heterocycles. The van der Waals surface area contributed by atoms with Gasteiger partial charge >= 0.3 is 0 Å². The fourth-order valence-corrected chi connectivity index (χ4v) is 2.76. The number of carbonyl (C=O) groups excluding carboxylic acids is 1. The van der Waals surface area contributed by atoms with Crippen molar-refractivity contribution in [3.05, 3.63) is 62.7 Å². The number of amides is 1. The number of rotatable bonds is 7. The Morgan fingerprint density at radius 3 is 2.41 bits per heavy atom. The highest BCUT2D eigenvalue weighted by atomic mass is 35.5. The number of nitro benzene ring substituents is 1. The molecule has 0 aliphatic rings. The number of nitrogens with zero attached hydrogens (tertiary/aromatic N) is 2. The van der Waals surface area contributed by atoms with Crippen molar-refractivity contribution in [1.82, 2.24) is 4.90 Å². The van der Waals surface area contributed by atoms with Gasteiger partial charge in [0.1, 0.15) is 5.56 Å². The predicted octanol–water partition coefficient (Wildman–Crippen LogP) is 4.49. The summed E-state index contributed by atoms with van der Waals surface area (Å²) in [6, 6.07) is 9.33. The molecule has 0 unspecified atom stereocenters. The molecular weight excluding hydrogens is 372 g/mol. The van der Waals surface area contributed by atoms with Gasteiger partial charge < -0.3 is 14.4 Å². The molecule has 1 atom stereocenters. The van der Waals surface area contributed by atoms with Gasteiger partial charge in [0, 0.05) is 18.1 Å². The number of halogens is 1. The van der Waals surface area contributed by atoms with Crippen LogP contribution in [-0.2, 0) is 0 Å². The monoisotopic (exact) mass is 392 g/mol. The average molecular weight is 393 g/mol. The van der Waals surface area contributed by atoms with Gasteiger partial charge in [-0.25, -0.2) is 0 Å². The minimum atomic E-state index is -0.605. The van der Waals surface area contributed by atoms with Gasteiger partial charge in [-0.1, -0.05) is 23.7 Å². The summed E-state index contributed by atoms with van der Waals surface area (Å²) in [4.78, 5) is 25.3. The molecule has 0 saturated carbocycles. The number of carbonyl (C=O) groups is 1. The molecule has 0 N–H and O–H groups in total. The van der Waals surface area contributed by atoms with E-state index < -0.39 is 10.8 Å². The molecule has 0 aliphatic carbocycles. The van der Waals surface area contributed by atoms with Crippen molar-refractivity contribution >= 4 is 23.2 Å². The Kier molecular flexibility index (Phi) is 6.63. The van der Waals surface area contributed by atoms with Crippen LogP contribution in [0.25, 0.3) is 0 Å². The highest BCUT2D eigenvalue weighted by molar-refractivity contribution is 6.30. The number of methoxy groups -OCH3 is 1. The van der Waals surface area contributed by atoms with Gasteiger partial charge in [-0.15, -0.1) is 0 Å². The molecule has 0 bridgehead atoms. The number of hydrogen-bond acceptors (Lipinski definition) is 5. The normalized spacial score (nSPS) is 11.6. The minimum Gasteiger partial charge on any atom is -0.493 e. The van der Waals surface area contributed by atoms with Crippen LogP contribution in [0.2, 0.25) is 5.02 Å². The van der Waals surface area contributed by atoms with Crippen LogP contribution < -0.4 is 9.47 Å². The lowest BCUT2D eigenvalue weighted by Gasteiger charge is -2.25. The Balaban J connectivity index is 2.44. The molecule has 2 aromatic carbocycles. The van der Waals surface area contributed by atoms with Crippen molar-refractivity contribution < 1.29 is 19.2 Å². The van der Waals surface area contributed by atoms with Crippen LogP contribution in [0.15, 0.2) is 36.4 Å². The molecule has 0 spiro atoms. The predicted molar refractivity (Wildman–Crippen MR) is 103 cm³/mol. The maximum absolute atomic E-state index is 13.0. The fourth-order valence-electron chi connectivity index (χ4n) is 2.63. The Hall–Kier alpha value is -2.80. The van der Waals surface area contributed by atoms with Gasteiger partial charge in [-0.3, -0.25) is 14.9 Å². The van der Waals surface area contributed by atoms with E-state index in [4.69, 9.17) is 21.1 Å². The van der Waals surface area contributed by atoms with Gasteiger partial charge in [0.05, 0.1) is 30.7 Å². The molecule has 0 fully saturated rings. The summed E-state index contributed by atoms with van der Waals surface area (Å²) in [5, 5.41) is 12.1. The lowest BCUT2D eigenvalue weighted by molar-refractivity contribution is -0.385. The molecule has 8 heteroatoms. The summed E-state index contributed by atoms with van der Waals surface area (Å²) >= 11 is 5.90. The van der Waals surface area contributed by atoms with Crippen LogP contribution in [0.5, 0.6) is 11.5 Å². The molecule has 0 aromatic heterocycles. The Morgan fingerprint density at radius 1 is 1.26 bits per heavy atom. The van der Waals surface area contributed by atoms with E-state index in [1.54, 1.807) is 26.1 Å². The van der Waals surface area contributed by atoms with Crippen LogP contribution in [0.1, 0.15) is 35.8 Å². The van der Waals surface area contributed by atoms with Crippen LogP contribution >= 0.6 is 11.6 Å². The molecule has 7 nitrogen and oxygen atoms in total. The van der Waals surface area contributed by atoms with Gasteiger partial charge in [-0.05, 0) is 31.5 Å². The van der Waals surface area contributed by atoms with Gasteiger partial charge in [0.15, 0.2) is 11.5 Å². The zero-order valence-electron chi connectivity index (χ0n) is 15.6. The quantitative estimate of drug-likeness (QED) is 0.512. The van der Waals surface area contributed by atoms with E-state index in [2.05, 4.69) is 0 Å². The number of hydrogen-bond donors (Lipinski definition) is 0. The Morgan fingerprint density at radius 2 is 1.89 bits per heavy atom. The molecule has 2 aromatic rings. The largest absolute Gasteiger partial charge is 0.493 e. The highest BCUT2D eigenvalue weighted by Crippen LogP contribution is 2.36. The lowest BCUT2D eigenvalue weighted by Crippen LogP contribution is -2.30. The van der Waals surface area contributed by atoms with Crippen molar-refractivity contribution in [1.29, 1.82) is 0 Å². The Labute approximate surface area is 162 Å². The molecule has 0 heterocycles. The third-order valence-corrected chi connectivity index (χ3v) is 4.51. The standard InChI is InChI=1S/C19H21ClN2O5/c1-5-27-18-10-15(16(22(24)25)11-17(18)26-4)19(23)21(3)12(2)13-6-8-14(20)9-7-13/h6-12H,5H2,1-4H3/t12-/m1/s1. The molecular formula is C19H21ClN2O5. The van der Waals surface area contributed by atoms with E-state index in [1.165, 1.54) is 24.1 Å². The first-order valence-corrected chi connectivity index (χ1v) is 8.69. The maximum atomic E-state index is 13.0. The van der Waals surface area contributed by atoms with Crippen LogP contribution in [0.4, 0.5) is 5.69 Å². The SMILES string of the molecule is CCOc1cc(C(=O)N(C)[C@H](C)c2ccc(Cl)cc2)c([N+](=O)[O-])cc1OC. The summed E-state index contributed by atoms with van der Waals surface area (Å²) < 4.78 is 10.6. The van der Waals surface area contributed by atoms with Crippen LogP contribution in [0.3, 0.4) is 0 Å². The molecule has 1 amide bonds. The number of ether oxygens (including phenoxy) is 2. The Bertz CT molecular complexity index is 839. The van der Waals surface area contributed by atoms with Crippen molar-refractivity contribution in [2.24, 2.45) is 0 Å². The smallest absolute Gasteiger partial charge is 0.286 e. The topological polar surface area (TPSA) is 81.9 Å². The van der Waals surface area contributed by atoms with E-state index in [1.807, 2.05) is 19.1 Å². The van der Waals surface area contributed by atoms with Gasteiger partial charge in [0.2, 0.25) is 0 Å². The summed E-state index contributed by atoms with van der Waals surface area (Å²) in [5.41, 5.74) is 0.458. The van der Waals surface area contributed by atoms with E-state index >= 15 is 0 Å². The lowest BCUT2D eigenvalue weighted by atomic mass is 10.1. The second kappa shape index (κ2) is 8.73. The van der Waals surface area contributed by atoms with Crippen molar-refractivity contribution in [2.45, 2.75) is 19.9 Å². The first-order valence-electron chi connectivity index (χ1n) is 8.32. The third-order valence-electron chi connectivity index (χ3n) is 4.26. The molecule has 2 rings (SSSR count). The van der Waals surface area contributed by atoms with Gasteiger partial charge in [-0.2, -0.15) is 0 Å². The van der Waals surface area contributed by atoms with E-state index in [9.17, 15) is 14.9 Å². The first kappa shape index (κ1) is 20.5.